The molecule has 0 atom stereocenters. The number of piperidine rings is 1. The average molecular weight is 400 g/mol. The van der Waals surface area contributed by atoms with Crippen molar-refractivity contribution in [2.24, 2.45) is 0 Å². The molecule has 0 radical (unpaired) electrons. The highest BCUT2D eigenvalue weighted by Crippen LogP contribution is 2.12. The number of carbonyl (C=O) groups is 1. The molecule has 1 aromatic heterocycles. The van der Waals surface area contributed by atoms with Gasteiger partial charge in [-0.25, -0.2) is 4.98 Å². The zero-order chi connectivity index (χ0) is 13.7. The molecule has 2 N–H and O–H groups in total. The highest BCUT2D eigenvalue weighted by Gasteiger charge is 2.19. The van der Waals surface area contributed by atoms with Gasteiger partial charge in [-0.05, 0) is 48.0 Å². The molecular formula is C13H21BrCl2N4O. The standard InChI is InChI=1S/C13H19BrN4O.2ClH/c1-15-11-4-6-18(7-5-11)9-13(19)17-12-3-2-10(14)8-16-12;;/h2-3,8,11,15H,4-7,9H2,1H3,(H,16,17,19);2*1H. The molecule has 0 bridgehead atoms. The zero-order valence-electron chi connectivity index (χ0n) is 11.8. The lowest BCUT2D eigenvalue weighted by atomic mass is 10.1. The van der Waals surface area contributed by atoms with Crippen LogP contribution < -0.4 is 10.6 Å². The topological polar surface area (TPSA) is 57.3 Å². The van der Waals surface area contributed by atoms with E-state index < -0.39 is 0 Å². The molecule has 1 fully saturated rings. The second-order valence-electron chi connectivity index (χ2n) is 4.75. The molecule has 1 amide bonds. The normalized spacial score (nSPS) is 15.7. The molecule has 120 valence electrons. The zero-order valence-corrected chi connectivity index (χ0v) is 15.1. The summed E-state index contributed by atoms with van der Waals surface area (Å²) in [5.41, 5.74) is 0. The fourth-order valence-corrected chi connectivity index (χ4v) is 2.45. The Kier molecular flexibility index (Phi) is 10.1. The van der Waals surface area contributed by atoms with Gasteiger partial charge in [-0.2, -0.15) is 0 Å². The number of hydrogen-bond donors (Lipinski definition) is 2. The fraction of sp³-hybridized carbons (Fsp3) is 0.538. The van der Waals surface area contributed by atoms with Crippen LogP contribution >= 0.6 is 40.7 Å². The minimum Gasteiger partial charge on any atom is -0.317 e. The molecule has 1 aliphatic heterocycles. The van der Waals surface area contributed by atoms with Gasteiger partial charge in [0.2, 0.25) is 5.91 Å². The minimum atomic E-state index is -0.00210. The Labute approximate surface area is 146 Å². The van der Waals surface area contributed by atoms with Gasteiger partial charge in [0.1, 0.15) is 5.82 Å². The first-order valence-corrected chi connectivity index (χ1v) is 7.27. The largest absolute Gasteiger partial charge is 0.317 e. The lowest BCUT2D eigenvalue weighted by molar-refractivity contribution is -0.117. The molecule has 5 nitrogen and oxygen atoms in total. The number of amides is 1. The van der Waals surface area contributed by atoms with Crippen LogP contribution in [-0.4, -0.2) is 48.5 Å². The van der Waals surface area contributed by atoms with Crippen LogP contribution in [0.4, 0.5) is 5.82 Å². The summed E-state index contributed by atoms with van der Waals surface area (Å²) in [6, 6.07) is 4.24. The summed E-state index contributed by atoms with van der Waals surface area (Å²) in [6.45, 7) is 2.37. The molecule has 2 heterocycles. The molecular weight excluding hydrogens is 379 g/mol. The van der Waals surface area contributed by atoms with Crippen LogP contribution in [0.25, 0.3) is 0 Å². The van der Waals surface area contributed by atoms with Crippen molar-refractivity contribution in [2.75, 3.05) is 32.0 Å². The molecule has 0 aliphatic carbocycles. The van der Waals surface area contributed by atoms with Crippen molar-refractivity contribution < 1.29 is 4.79 Å². The highest BCUT2D eigenvalue weighted by atomic mass is 79.9. The number of anilines is 1. The summed E-state index contributed by atoms with van der Waals surface area (Å²) < 4.78 is 0.902. The van der Waals surface area contributed by atoms with Crippen molar-refractivity contribution in [3.05, 3.63) is 22.8 Å². The second kappa shape index (κ2) is 10.3. The van der Waals surface area contributed by atoms with Gasteiger partial charge in [-0.15, -0.1) is 24.8 Å². The van der Waals surface area contributed by atoms with E-state index in [0.29, 0.717) is 18.4 Å². The summed E-state index contributed by atoms with van der Waals surface area (Å²) in [4.78, 5) is 18.2. The van der Waals surface area contributed by atoms with Gasteiger partial charge < -0.3 is 10.6 Å². The Balaban J connectivity index is 0.00000200. The average Bonchev–Trinajstić information content (AvgIpc) is 2.42. The Morgan fingerprint density at radius 1 is 1.38 bits per heavy atom. The van der Waals surface area contributed by atoms with E-state index in [0.717, 1.165) is 30.4 Å². The van der Waals surface area contributed by atoms with E-state index in [1.807, 2.05) is 13.1 Å². The number of likely N-dealkylation sites (tertiary alicyclic amines) is 1. The van der Waals surface area contributed by atoms with Gasteiger partial charge in [0.15, 0.2) is 0 Å². The third-order valence-electron chi connectivity index (χ3n) is 3.36. The maximum absolute atomic E-state index is 11.9. The third kappa shape index (κ3) is 6.93. The molecule has 1 saturated heterocycles. The van der Waals surface area contributed by atoms with Crippen LogP contribution in [-0.2, 0) is 4.79 Å². The van der Waals surface area contributed by atoms with E-state index in [9.17, 15) is 4.79 Å². The number of nitrogens with zero attached hydrogens (tertiary/aromatic N) is 2. The van der Waals surface area contributed by atoms with Crippen LogP contribution in [0.5, 0.6) is 0 Å². The molecule has 1 aromatic rings. The first kappa shape index (κ1) is 20.6. The smallest absolute Gasteiger partial charge is 0.239 e. The fourth-order valence-electron chi connectivity index (χ4n) is 2.21. The highest BCUT2D eigenvalue weighted by molar-refractivity contribution is 9.10. The van der Waals surface area contributed by atoms with E-state index in [-0.39, 0.29) is 30.7 Å². The minimum absolute atomic E-state index is 0. The number of pyridine rings is 1. The summed E-state index contributed by atoms with van der Waals surface area (Å²) in [5.74, 6) is 0.594. The van der Waals surface area contributed by atoms with Gasteiger partial charge >= 0.3 is 0 Å². The number of carbonyl (C=O) groups excluding carboxylic acids is 1. The second-order valence-corrected chi connectivity index (χ2v) is 5.66. The number of rotatable bonds is 4. The summed E-state index contributed by atoms with van der Waals surface area (Å²) in [7, 11) is 1.99. The molecule has 1 aliphatic rings. The number of hydrogen-bond acceptors (Lipinski definition) is 4. The van der Waals surface area contributed by atoms with Gasteiger partial charge in [0.05, 0.1) is 6.54 Å². The molecule has 0 unspecified atom stereocenters. The predicted octanol–water partition coefficient (Wildman–Crippen LogP) is 2.31. The maximum Gasteiger partial charge on any atom is 0.239 e. The summed E-state index contributed by atoms with van der Waals surface area (Å²) in [5, 5.41) is 6.09. The molecule has 8 heteroatoms. The van der Waals surface area contributed by atoms with Crippen LogP contribution in [0.2, 0.25) is 0 Å². The van der Waals surface area contributed by atoms with Crippen LogP contribution in [0.15, 0.2) is 22.8 Å². The molecule has 0 spiro atoms. The summed E-state index contributed by atoms with van der Waals surface area (Å²) >= 11 is 3.31. The van der Waals surface area contributed by atoms with Crippen molar-refractivity contribution in [1.82, 2.24) is 15.2 Å². The van der Waals surface area contributed by atoms with E-state index in [2.05, 4.69) is 36.4 Å². The molecule has 2 rings (SSSR count). The SMILES string of the molecule is CNC1CCN(CC(=O)Nc2ccc(Br)cn2)CC1.Cl.Cl. The van der Waals surface area contributed by atoms with E-state index in [1.54, 1.807) is 12.3 Å². The lowest BCUT2D eigenvalue weighted by Crippen LogP contribution is -2.44. The summed E-state index contributed by atoms with van der Waals surface area (Å²) in [6.07, 6.45) is 3.87. The van der Waals surface area contributed by atoms with Crippen LogP contribution in [0.1, 0.15) is 12.8 Å². The Hall–Kier alpha value is -0.400. The van der Waals surface area contributed by atoms with Gasteiger partial charge in [-0.1, -0.05) is 0 Å². The van der Waals surface area contributed by atoms with Crippen LogP contribution in [0, 0.1) is 0 Å². The molecule has 0 aromatic carbocycles. The monoisotopic (exact) mass is 398 g/mol. The number of nitrogens with one attached hydrogen (secondary N) is 2. The first-order chi connectivity index (χ1) is 9.17. The Morgan fingerprint density at radius 2 is 2.05 bits per heavy atom. The van der Waals surface area contributed by atoms with Gasteiger partial charge in [-0.3, -0.25) is 9.69 Å². The molecule has 0 saturated carbocycles. The van der Waals surface area contributed by atoms with Crippen LogP contribution in [0.3, 0.4) is 0 Å². The van der Waals surface area contributed by atoms with E-state index >= 15 is 0 Å². The quantitative estimate of drug-likeness (QED) is 0.815. The van der Waals surface area contributed by atoms with Crippen molar-refractivity contribution >= 4 is 52.5 Å². The third-order valence-corrected chi connectivity index (χ3v) is 3.83. The van der Waals surface area contributed by atoms with Crippen molar-refractivity contribution in [1.29, 1.82) is 0 Å². The van der Waals surface area contributed by atoms with Gasteiger partial charge in [0, 0.05) is 29.8 Å². The Morgan fingerprint density at radius 3 is 2.57 bits per heavy atom. The van der Waals surface area contributed by atoms with E-state index in [4.69, 9.17) is 0 Å². The molecule has 21 heavy (non-hydrogen) atoms. The lowest BCUT2D eigenvalue weighted by Gasteiger charge is -2.31. The number of aromatic nitrogens is 1. The van der Waals surface area contributed by atoms with Crippen molar-refractivity contribution in [2.45, 2.75) is 18.9 Å². The Bertz CT molecular complexity index is 425. The first-order valence-electron chi connectivity index (χ1n) is 6.48. The predicted molar refractivity (Wildman–Crippen MR) is 93.6 cm³/mol. The number of halogens is 3. The van der Waals surface area contributed by atoms with E-state index in [1.165, 1.54) is 0 Å². The maximum atomic E-state index is 11.9. The van der Waals surface area contributed by atoms with Gasteiger partial charge in [0.25, 0.3) is 0 Å². The van der Waals surface area contributed by atoms with Crippen molar-refractivity contribution in [3.8, 4) is 0 Å². The van der Waals surface area contributed by atoms with Crippen molar-refractivity contribution in [3.63, 3.8) is 0 Å².